The van der Waals surface area contributed by atoms with E-state index in [0.717, 1.165) is 5.56 Å². The van der Waals surface area contributed by atoms with Crippen LogP contribution in [0.2, 0.25) is 0 Å². The van der Waals surface area contributed by atoms with E-state index in [0.29, 0.717) is 12.2 Å². The van der Waals surface area contributed by atoms with E-state index in [1.807, 2.05) is 30.3 Å². The van der Waals surface area contributed by atoms with Crippen molar-refractivity contribution in [1.82, 2.24) is 0 Å². The molecule has 2 rings (SSSR count). The van der Waals surface area contributed by atoms with Crippen LogP contribution in [0, 0.1) is 0 Å². The maximum absolute atomic E-state index is 10.8. The van der Waals surface area contributed by atoms with E-state index in [-0.39, 0.29) is 12.4 Å². The van der Waals surface area contributed by atoms with Crippen molar-refractivity contribution >= 4 is 5.97 Å². The smallest absolute Gasteiger partial charge is 0.372 e. The van der Waals surface area contributed by atoms with E-state index in [1.54, 1.807) is 6.07 Å². The predicted octanol–water partition coefficient (Wildman–Crippen LogP) is 2.69. The minimum atomic E-state index is -1.08. The standard InChI is InChI=1S/C13H12O4/c14-13(15)12-11(6-7-17-12)9-16-8-10-4-2-1-3-5-10/h1-7H,8-9H2,(H,14,15). The molecule has 0 unspecified atom stereocenters. The largest absolute Gasteiger partial charge is 0.475 e. The lowest BCUT2D eigenvalue weighted by atomic mass is 10.2. The van der Waals surface area contributed by atoms with Crippen molar-refractivity contribution in [2.24, 2.45) is 0 Å². The van der Waals surface area contributed by atoms with E-state index in [2.05, 4.69) is 0 Å². The molecule has 88 valence electrons. The van der Waals surface area contributed by atoms with Crippen LogP contribution >= 0.6 is 0 Å². The van der Waals surface area contributed by atoms with E-state index in [4.69, 9.17) is 14.3 Å². The monoisotopic (exact) mass is 232 g/mol. The highest BCUT2D eigenvalue weighted by Gasteiger charge is 2.13. The number of ether oxygens (including phenoxy) is 1. The van der Waals surface area contributed by atoms with Gasteiger partial charge in [-0.05, 0) is 11.6 Å². The summed E-state index contributed by atoms with van der Waals surface area (Å²) in [7, 11) is 0. The van der Waals surface area contributed by atoms with Gasteiger partial charge in [0.2, 0.25) is 5.76 Å². The van der Waals surface area contributed by atoms with E-state index >= 15 is 0 Å². The Kier molecular flexibility index (Phi) is 3.57. The van der Waals surface area contributed by atoms with Gasteiger partial charge in [-0.15, -0.1) is 0 Å². The maximum Gasteiger partial charge on any atom is 0.372 e. The van der Waals surface area contributed by atoms with Gasteiger partial charge in [0.05, 0.1) is 19.5 Å². The van der Waals surface area contributed by atoms with Gasteiger partial charge in [-0.3, -0.25) is 0 Å². The van der Waals surface area contributed by atoms with Crippen molar-refractivity contribution in [3.63, 3.8) is 0 Å². The van der Waals surface area contributed by atoms with Crippen molar-refractivity contribution in [3.8, 4) is 0 Å². The third-order valence-corrected chi connectivity index (χ3v) is 2.31. The Hall–Kier alpha value is -2.07. The van der Waals surface area contributed by atoms with Gasteiger partial charge < -0.3 is 14.3 Å². The van der Waals surface area contributed by atoms with Gasteiger partial charge in [0.25, 0.3) is 0 Å². The Morgan fingerprint density at radius 1 is 1.18 bits per heavy atom. The number of furan rings is 1. The van der Waals surface area contributed by atoms with E-state index in [9.17, 15) is 4.79 Å². The second kappa shape index (κ2) is 5.32. The first kappa shape index (κ1) is 11.4. The first-order chi connectivity index (χ1) is 8.27. The van der Waals surface area contributed by atoms with Crippen LogP contribution in [0.5, 0.6) is 0 Å². The number of hydrogen-bond acceptors (Lipinski definition) is 3. The van der Waals surface area contributed by atoms with Crippen LogP contribution < -0.4 is 0 Å². The van der Waals surface area contributed by atoms with Crippen LogP contribution in [0.15, 0.2) is 47.1 Å². The summed E-state index contributed by atoms with van der Waals surface area (Å²) in [6.45, 7) is 0.679. The second-order valence-electron chi connectivity index (χ2n) is 3.56. The molecule has 1 aromatic heterocycles. The minimum Gasteiger partial charge on any atom is -0.475 e. The summed E-state index contributed by atoms with van der Waals surface area (Å²) in [6.07, 6.45) is 1.35. The molecule has 0 fully saturated rings. The van der Waals surface area contributed by atoms with Crippen LogP contribution in [-0.4, -0.2) is 11.1 Å². The number of aromatic carboxylic acids is 1. The molecule has 0 aliphatic heterocycles. The minimum absolute atomic E-state index is 0.0574. The molecule has 4 heteroatoms. The first-order valence-corrected chi connectivity index (χ1v) is 5.18. The van der Waals surface area contributed by atoms with Gasteiger partial charge in [-0.25, -0.2) is 4.79 Å². The lowest BCUT2D eigenvalue weighted by Gasteiger charge is -2.03. The van der Waals surface area contributed by atoms with Crippen LogP contribution in [0.4, 0.5) is 0 Å². The Balaban J connectivity index is 1.90. The molecule has 2 aromatic rings. The molecule has 4 nitrogen and oxygen atoms in total. The third kappa shape index (κ3) is 2.95. The highest BCUT2D eigenvalue weighted by atomic mass is 16.5. The molecule has 17 heavy (non-hydrogen) atoms. The Bertz CT molecular complexity index is 487. The van der Waals surface area contributed by atoms with Crippen LogP contribution in [0.25, 0.3) is 0 Å². The molecule has 1 N–H and O–H groups in total. The first-order valence-electron chi connectivity index (χ1n) is 5.18. The number of carboxylic acid groups (broad SMARTS) is 1. The zero-order chi connectivity index (χ0) is 12.1. The maximum atomic E-state index is 10.8. The topological polar surface area (TPSA) is 59.7 Å². The quantitative estimate of drug-likeness (QED) is 0.861. The Labute approximate surface area is 98.4 Å². The fourth-order valence-electron chi connectivity index (χ4n) is 1.49. The average Bonchev–Trinajstić information content (AvgIpc) is 2.79. The van der Waals surface area contributed by atoms with Crippen molar-refractivity contribution in [2.45, 2.75) is 13.2 Å². The van der Waals surface area contributed by atoms with E-state index < -0.39 is 5.97 Å². The number of hydrogen-bond donors (Lipinski definition) is 1. The number of benzene rings is 1. The highest BCUT2D eigenvalue weighted by molar-refractivity contribution is 5.85. The van der Waals surface area contributed by atoms with Crippen LogP contribution in [0.3, 0.4) is 0 Å². The molecular formula is C13H12O4. The molecular weight excluding hydrogens is 220 g/mol. The second-order valence-corrected chi connectivity index (χ2v) is 3.56. The number of carbonyl (C=O) groups is 1. The van der Waals surface area contributed by atoms with Crippen molar-refractivity contribution in [2.75, 3.05) is 0 Å². The number of carboxylic acids is 1. The summed E-state index contributed by atoms with van der Waals surface area (Å²) in [6, 6.07) is 11.3. The van der Waals surface area contributed by atoms with Gasteiger partial charge >= 0.3 is 5.97 Å². The van der Waals surface area contributed by atoms with Crippen molar-refractivity contribution in [3.05, 3.63) is 59.5 Å². The van der Waals surface area contributed by atoms with Gasteiger partial charge in [-0.1, -0.05) is 30.3 Å². The lowest BCUT2D eigenvalue weighted by molar-refractivity contribution is 0.0646. The molecule has 0 bridgehead atoms. The Morgan fingerprint density at radius 3 is 2.65 bits per heavy atom. The van der Waals surface area contributed by atoms with Crippen LogP contribution in [-0.2, 0) is 18.0 Å². The number of rotatable bonds is 5. The molecule has 0 atom stereocenters. The fraction of sp³-hybridized carbons (Fsp3) is 0.154. The normalized spacial score (nSPS) is 10.4. The average molecular weight is 232 g/mol. The van der Waals surface area contributed by atoms with Crippen molar-refractivity contribution < 1.29 is 19.1 Å². The molecule has 0 saturated carbocycles. The molecule has 1 aromatic carbocycles. The summed E-state index contributed by atoms with van der Waals surface area (Å²) in [5.41, 5.74) is 1.60. The lowest BCUT2D eigenvalue weighted by Crippen LogP contribution is -2.01. The van der Waals surface area contributed by atoms with Gasteiger partial charge in [0.1, 0.15) is 0 Å². The summed E-state index contributed by atoms with van der Waals surface area (Å²) in [5.74, 6) is -1.13. The van der Waals surface area contributed by atoms with Gasteiger partial charge in [0, 0.05) is 5.56 Å². The molecule has 0 saturated heterocycles. The molecule has 0 aliphatic rings. The third-order valence-electron chi connectivity index (χ3n) is 2.31. The summed E-state index contributed by atoms with van der Waals surface area (Å²) < 4.78 is 10.3. The molecule has 0 aliphatic carbocycles. The SMILES string of the molecule is O=C(O)c1occc1COCc1ccccc1. The molecule has 1 heterocycles. The van der Waals surface area contributed by atoms with Gasteiger partial charge in [0.15, 0.2) is 0 Å². The van der Waals surface area contributed by atoms with Crippen molar-refractivity contribution in [1.29, 1.82) is 0 Å². The Morgan fingerprint density at radius 2 is 1.94 bits per heavy atom. The van der Waals surface area contributed by atoms with Gasteiger partial charge in [-0.2, -0.15) is 0 Å². The molecule has 0 amide bonds. The zero-order valence-corrected chi connectivity index (χ0v) is 9.13. The molecule has 0 radical (unpaired) electrons. The highest BCUT2D eigenvalue weighted by Crippen LogP contribution is 2.12. The summed E-state index contributed by atoms with van der Waals surface area (Å²) in [4.78, 5) is 10.8. The van der Waals surface area contributed by atoms with Crippen LogP contribution in [0.1, 0.15) is 21.7 Å². The fourth-order valence-corrected chi connectivity index (χ4v) is 1.49. The summed E-state index contributed by atoms with van der Waals surface area (Å²) >= 11 is 0. The zero-order valence-electron chi connectivity index (χ0n) is 9.13. The van der Waals surface area contributed by atoms with E-state index in [1.165, 1.54) is 6.26 Å². The molecule has 0 spiro atoms. The predicted molar refractivity (Wildman–Crippen MR) is 60.6 cm³/mol. The summed E-state index contributed by atoms with van der Waals surface area (Å²) in [5, 5.41) is 8.82.